The van der Waals surface area contributed by atoms with Gasteiger partial charge in [-0.15, -0.1) is 11.3 Å². The number of carbonyl (C=O) groups excluding carboxylic acids is 1. The standard InChI is InChI=1S/C24H29F3N6O3S/c1-13-18(20-31-16-7-5-6-8-17(16)37-20)19(32-21(29-13)28-12-24(25,26)27)30-14-9-15(11-34)33(10-14)22(35)36-23(2,3)4/h5-8,14-15,34H,9-12H2,1-4H3,(H2,28,29,30,32). The highest BCUT2D eigenvalue weighted by molar-refractivity contribution is 7.21. The first kappa shape index (κ1) is 26.9. The van der Waals surface area contributed by atoms with Gasteiger partial charge in [-0.25, -0.2) is 14.8 Å². The Morgan fingerprint density at radius 2 is 1.95 bits per heavy atom. The molecule has 0 spiro atoms. The summed E-state index contributed by atoms with van der Waals surface area (Å²) in [5.74, 6) is 0.117. The summed E-state index contributed by atoms with van der Waals surface area (Å²) in [6.07, 6.45) is -4.60. The number of likely N-dealkylation sites (tertiary alicyclic amines) is 1. The molecule has 13 heteroatoms. The van der Waals surface area contributed by atoms with E-state index in [0.29, 0.717) is 28.5 Å². The minimum atomic E-state index is -4.44. The lowest BCUT2D eigenvalue weighted by Gasteiger charge is -2.27. The first-order chi connectivity index (χ1) is 17.3. The Labute approximate surface area is 216 Å². The van der Waals surface area contributed by atoms with Crippen molar-refractivity contribution >= 4 is 39.4 Å². The topological polar surface area (TPSA) is 112 Å². The third-order valence-corrected chi connectivity index (χ3v) is 6.69. The molecule has 2 atom stereocenters. The molecule has 2 aromatic heterocycles. The zero-order valence-electron chi connectivity index (χ0n) is 20.9. The second kappa shape index (κ2) is 10.3. The van der Waals surface area contributed by atoms with Gasteiger partial charge in [-0.2, -0.15) is 18.2 Å². The number of aromatic nitrogens is 3. The van der Waals surface area contributed by atoms with E-state index >= 15 is 0 Å². The van der Waals surface area contributed by atoms with Crippen LogP contribution in [0.25, 0.3) is 20.8 Å². The fraction of sp³-hybridized carbons (Fsp3) is 0.500. The molecule has 200 valence electrons. The Morgan fingerprint density at radius 1 is 1.22 bits per heavy atom. The van der Waals surface area contributed by atoms with E-state index in [0.717, 1.165) is 10.2 Å². The van der Waals surface area contributed by atoms with Gasteiger partial charge in [-0.3, -0.25) is 0 Å². The van der Waals surface area contributed by atoms with Crippen molar-refractivity contribution in [1.82, 2.24) is 19.9 Å². The largest absolute Gasteiger partial charge is 0.444 e. The minimum absolute atomic E-state index is 0.178. The van der Waals surface area contributed by atoms with Crippen molar-refractivity contribution in [3.8, 4) is 10.6 Å². The van der Waals surface area contributed by atoms with Gasteiger partial charge in [0, 0.05) is 12.6 Å². The Kier molecular flexibility index (Phi) is 7.47. The normalized spacial score (nSPS) is 18.3. The number of carbonyl (C=O) groups is 1. The molecular weight excluding hydrogens is 509 g/mol. The van der Waals surface area contributed by atoms with Crippen LogP contribution in [-0.2, 0) is 4.74 Å². The number of hydrogen-bond donors (Lipinski definition) is 3. The van der Waals surface area contributed by atoms with Gasteiger partial charge >= 0.3 is 12.3 Å². The zero-order chi connectivity index (χ0) is 27.0. The van der Waals surface area contributed by atoms with Gasteiger partial charge in [0.2, 0.25) is 5.95 Å². The number of alkyl halides is 3. The molecule has 1 aliphatic rings. The number of nitrogens with zero attached hydrogens (tertiary/aromatic N) is 4. The highest BCUT2D eigenvalue weighted by atomic mass is 32.1. The summed E-state index contributed by atoms with van der Waals surface area (Å²) in [4.78, 5) is 27.5. The van der Waals surface area contributed by atoms with E-state index in [-0.39, 0.29) is 25.1 Å². The molecule has 1 fully saturated rings. The Balaban J connectivity index is 1.67. The van der Waals surface area contributed by atoms with Crippen molar-refractivity contribution in [2.75, 3.05) is 30.3 Å². The van der Waals surface area contributed by atoms with Gasteiger partial charge in [0.15, 0.2) is 0 Å². The summed E-state index contributed by atoms with van der Waals surface area (Å²) < 4.78 is 44.9. The van der Waals surface area contributed by atoms with Crippen LogP contribution in [0.2, 0.25) is 0 Å². The monoisotopic (exact) mass is 538 g/mol. The molecule has 1 saturated heterocycles. The SMILES string of the molecule is Cc1nc(NCC(F)(F)F)nc(NC2CC(CO)N(C(=O)OC(C)(C)C)C2)c1-c1nc2ccccc2s1. The Hall–Kier alpha value is -3.19. The summed E-state index contributed by atoms with van der Waals surface area (Å²) in [7, 11) is 0. The number of aliphatic hydroxyl groups excluding tert-OH is 1. The van der Waals surface area contributed by atoms with Gasteiger partial charge in [-0.05, 0) is 46.2 Å². The van der Waals surface area contributed by atoms with Crippen LogP contribution in [0.15, 0.2) is 24.3 Å². The first-order valence-corrected chi connectivity index (χ1v) is 12.6. The van der Waals surface area contributed by atoms with Crippen molar-refractivity contribution in [2.24, 2.45) is 0 Å². The zero-order valence-corrected chi connectivity index (χ0v) is 21.7. The number of ether oxygens (including phenoxy) is 1. The van der Waals surface area contributed by atoms with E-state index in [1.165, 1.54) is 16.2 Å². The van der Waals surface area contributed by atoms with E-state index in [1.54, 1.807) is 27.7 Å². The maximum absolute atomic E-state index is 12.8. The van der Waals surface area contributed by atoms with Gasteiger partial charge < -0.3 is 25.4 Å². The van der Waals surface area contributed by atoms with Crippen LogP contribution in [0.4, 0.5) is 29.7 Å². The van der Waals surface area contributed by atoms with Crippen molar-refractivity contribution in [3.63, 3.8) is 0 Å². The first-order valence-electron chi connectivity index (χ1n) is 11.7. The third kappa shape index (κ3) is 6.58. The number of rotatable bonds is 6. The summed E-state index contributed by atoms with van der Waals surface area (Å²) in [5.41, 5.74) is 1.09. The maximum atomic E-state index is 12.8. The molecule has 1 amide bonds. The number of aryl methyl sites for hydroxylation is 1. The number of para-hydroxylation sites is 1. The molecule has 3 aromatic rings. The molecule has 1 aliphatic heterocycles. The molecule has 0 saturated carbocycles. The van der Waals surface area contributed by atoms with Crippen molar-refractivity contribution in [1.29, 1.82) is 0 Å². The lowest BCUT2D eigenvalue weighted by Crippen LogP contribution is -2.41. The molecule has 0 bridgehead atoms. The van der Waals surface area contributed by atoms with Crippen LogP contribution < -0.4 is 10.6 Å². The highest BCUT2D eigenvalue weighted by Crippen LogP contribution is 2.37. The van der Waals surface area contributed by atoms with Crippen LogP contribution in [0.1, 0.15) is 32.9 Å². The lowest BCUT2D eigenvalue weighted by atomic mass is 10.1. The lowest BCUT2D eigenvalue weighted by molar-refractivity contribution is -0.115. The molecule has 0 aliphatic carbocycles. The van der Waals surface area contributed by atoms with Crippen LogP contribution in [0, 0.1) is 6.92 Å². The van der Waals surface area contributed by atoms with E-state index < -0.39 is 30.5 Å². The van der Waals surface area contributed by atoms with Gasteiger partial charge in [0.25, 0.3) is 0 Å². The van der Waals surface area contributed by atoms with E-state index in [4.69, 9.17) is 4.74 Å². The average molecular weight is 539 g/mol. The second-order valence-corrected chi connectivity index (χ2v) is 10.9. The molecule has 0 radical (unpaired) electrons. The fourth-order valence-corrected chi connectivity index (χ4v) is 5.17. The number of benzene rings is 1. The number of anilines is 2. The maximum Gasteiger partial charge on any atom is 0.410 e. The molecule has 3 N–H and O–H groups in total. The number of fused-ring (bicyclic) bond motifs is 1. The van der Waals surface area contributed by atoms with Gasteiger partial charge in [0.05, 0.1) is 34.1 Å². The average Bonchev–Trinajstić information content (AvgIpc) is 3.39. The molecule has 37 heavy (non-hydrogen) atoms. The molecule has 2 unspecified atom stereocenters. The summed E-state index contributed by atoms with van der Waals surface area (Å²) >= 11 is 1.42. The predicted molar refractivity (Wildman–Crippen MR) is 136 cm³/mol. The van der Waals surface area contributed by atoms with Crippen molar-refractivity contribution in [3.05, 3.63) is 30.0 Å². The molecule has 4 rings (SSSR count). The quantitative estimate of drug-likeness (QED) is 0.410. The van der Waals surface area contributed by atoms with Crippen LogP contribution >= 0.6 is 11.3 Å². The van der Waals surface area contributed by atoms with Crippen LogP contribution in [0.3, 0.4) is 0 Å². The van der Waals surface area contributed by atoms with Crippen LogP contribution in [0.5, 0.6) is 0 Å². The fourth-order valence-electron chi connectivity index (χ4n) is 4.10. The van der Waals surface area contributed by atoms with Gasteiger partial charge in [0.1, 0.15) is 23.0 Å². The Morgan fingerprint density at radius 3 is 2.59 bits per heavy atom. The van der Waals surface area contributed by atoms with Crippen molar-refractivity contribution < 1.29 is 27.8 Å². The van der Waals surface area contributed by atoms with E-state index in [2.05, 4.69) is 25.6 Å². The predicted octanol–water partition coefficient (Wildman–Crippen LogP) is 4.82. The summed E-state index contributed by atoms with van der Waals surface area (Å²) in [5, 5.41) is 16.0. The van der Waals surface area contributed by atoms with E-state index in [1.807, 2.05) is 24.3 Å². The molecule has 9 nitrogen and oxygen atoms in total. The Bertz CT molecular complexity index is 1240. The third-order valence-electron chi connectivity index (χ3n) is 5.64. The number of halogens is 3. The number of thiazole rings is 1. The van der Waals surface area contributed by atoms with Crippen molar-refractivity contribution in [2.45, 2.75) is 58.0 Å². The number of nitrogens with one attached hydrogen (secondary N) is 2. The van der Waals surface area contributed by atoms with Gasteiger partial charge in [-0.1, -0.05) is 12.1 Å². The molecule has 1 aromatic carbocycles. The highest BCUT2D eigenvalue weighted by Gasteiger charge is 2.38. The van der Waals surface area contributed by atoms with Crippen LogP contribution in [-0.4, -0.2) is 74.6 Å². The number of aliphatic hydroxyl groups is 1. The number of hydrogen-bond acceptors (Lipinski definition) is 9. The molecular formula is C24H29F3N6O3S. The summed E-state index contributed by atoms with van der Waals surface area (Å²) in [6.45, 7) is 5.63. The second-order valence-electron chi connectivity index (χ2n) is 9.86. The minimum Gasteiger partial charge on any atom is -0.444 e. The number of amides is 1. The smallest absolute Gasteiger partial charge is 0.410 e. The van der Waals surface area contributed by atoms with E-state index in [9.17, 15) is 23.1 Å². The molecule has 3 heterocycles. The summed E-state index contributed by atoms with van der Waals surface area (Å²) in [6, 6.07) is 6.75.